The fourth-order valence-electron chi connectivity index (χ4n) is 2.11. The van der Waals surface area contributed by atoms with Crippen molar-refractivity contribution in [3.8, 4) is 6.07 Å². The van der Waals surface area contributed by atoms with Crippen LogP contribution in [0.1, 0.15) is 21.5 Å². The van der Waals surface area contributed by atoms with Gasteiger partial charge in [0, 0.05) is 18.4 Å². The lowest BCUT2D eigenvalue weighted by Gasteiger charge is -2.06. The van der Waals surface area contributed by atoms with Crippen LogP contribution in [0.2, 0.25) is 0 Å². The molecule has 1 amide bonds. The summed E-state index contributed by atoms with van der Waals surface area (Å²) in [7, 11) is 0. The zero-order chi connectivity index (χ0) is 18.9. The Morgan fingerprint density at radius 1 is 1.12 bits per heavy atom. The fourth-order valence-corrected chi connectivity index (χ4v) is 2.11. The lowest BCUT2D eigenvalue weighted by Crippen LogP contribution is -2.17. The molecule has 2 aromatic carbocycles. The Bertz CT molecular complexity index is 867. The molecule has 0 aliphatic carbocycles. The molecule has 132 valence electrons. The molecule has 0 unspecified atom stereocenters. The normalized spacial score (nSPS) is 10.7. The second-order valence-electron chi connectivity index (χ2n) is 5.37. The molecular formula is C19H17N3O4. The highest BCUT2D eigenvalue weighted by atomic mass is 16.4. The number of anilines is 1. The van der Waals surface area contributed by atoms with E-state index in [1.807, 2.05) is 12.1 Å². The van der Waals surface area contributed by atoms with Gasteiger partial charge in [-0.25, -0.2) is 4.79 Å². The van der Waals surface area contributed by atoms with Crippen LogP contribution in [0, 0.1) is 11.3 Å². The van der Waals surface area contributed by atoms with E-state index in [0.29, 0.717) is 6.54 Å². The van der Waals surface area contributed by atoms with Crippen LogP contribution in [0.25, 0.3) is 0 Å². The summed E-state index contributed by atoms with van der Waals surface area (Å²) in [5.74, 6) is -1.75. The Morgan fingerprint density at radius 2 is 1.81 bits per heavy atom. The summed E-state index contributed by atoms with van der Waals surface area (Å²) < 4.78 is 0. The first-order valence-corrected chi connectivity index (χ1v) is 7.70. The van der Waals surface area contributed by atoms with Crippen LogP contribution in [0.15, 0.2) is 60.3 Å². The first kappa shape index (κ1) is 18.7. The Labute approximate surface area is 150 Å². The predicted molar refractivity (Wildman–Crippen MR) is 94.9 cm³/mol. The van der Waals surface area contributed by atoms with E-state index in [9.17, 15) is 9.59 Å². The molecule has 0 atom stereocenters. The summed E-state index contributed by atoms with van der Waals surface area (Å²) in [6.45, 7) is 0.369. The summed E-state index contributed by atoms with van der Waals surface area (Å²) in [6, 6.07) is 14.8. The fraction of sp³-hybridized carbons (Fsp3) is 0.105. The quantitative estimate of drug-likeness (QED) is 0.447. The third-order valence-corrected chi connectivity index (χ3v) is 3.49. The Balaban J connectivity index is 1.99. The summed E-state index contributed by atoms with van der Waals surface area (Å²) in [6.07, 6.45) is 1.30. The third kappa shape index (κ3) is 5.19. The number of benzene rings is 2. The standard InChI is InChI=1S/C19H17N3O4/c20-9-16(11-21-10-13-4-6-14(12-23)7-5-13)18(24)22-17-3-1-2-15(8-17)19(25)26/h1-8,11,21,23H,10,12H2,(H,22,24)(H,25,26)/b16-11-. The minimum absolute atomic E-state index is 0.0323. The third-order valence-electron chi connectivity index (χ3n) is 3.49. The Morgan fingerprint density at radius 3 is 2.42 bits per heavy atom. The number of aliphatic hydroxyl groups excluding tert-OH is 1. The monoisotopic (exact) mass is 351 g/mol. The number of carbonyl (C=O) groups excluding carboxylic acids is 1. The molecule has 0 spiro atoms. The van der Waals surface area contributed by atoms with E-state index in [1.54, 1.807) is 18.2 Å². The van der Waals surface area contributed by atoms with Crippen molar-refractivity contribution >= 4 is 17.6 Å². The minimum Gasteiger partial charge on any atom is -0.478 e. The van der Waals surface area contributed by atoms with Gasteiger partial charge < -0.3 is 20.8 Å². The summed E-state index contributed by atoms with van der Waals surface area (Å²) in [4.78, 5) is 23.1. The van der Waals surface area contributed by atoms with Crippen LogP contribution < -0.4 is 10.6 Å². The molecule has 26 heavy (non-hydrogen) atoms. The number of carboxylic acid groups (broad SMARTS) is 1. The average Bonchev–Trinajstić information content (AvgIpc) is 2.65. The van der Waals surface area contributed by atoms with Crippen LogP contribution in [-0.4, -0.2) is 22.1 Å². The minimum atomic E-state index is -1.11. The number of aromatic carboxylic acids is 1. The number of hydrogen-bond acceptors (Lipinski definition) is 5. The van der Waals surface area contributed by atoms with Gasteiger partial charge in [0.15, 0.2) is 0 Å². The molecule has 0 saturated carbocycles. The molecule has 0 fully saturated rings. The highest BCUT2D eigenvalue weighted by Crippen LogP contribution is 2.12. The van der Waals surface area contributed by atoms with Crippen LogP contribution >= 0.6 is 0 Å². The van der Waals surface area contributed by atoms with Crippen molar-refractivity contribution in [2.24, 2.45) is 0 Å². The zero-order valence-corrected chi connectivity index (χ0v) is 13.8. The maximum atomic E-state index is 12.1. The maximum Gasteiger partial charge on any atom is 0.335 e. The van der Waals surface area contributed by atoms with E-state index in [0.717, 1.165) is 11.1 Å². The first-order valence-electron chi connectivity index (χ1n) is 7.70. The van der Waals surface area contributed by atoms with Crippen molar-refractivity contribution in [1.82, 2.24) is 5.32 Å². The van der Waals surface area contributed by atoms with E-state index in [4.69, 9.17) is 15.5 Å². The van der Waals surface area contributed by atoms with Gasteiger partial charge in [0.1, 0.15) is 11.6 Å². The number of rotatable bonds is 7. The van der Waals surface area contributed by atoms with Gasteiger partial charge >= 0.3 is 5.97 Å². The summed E-state index contributed by atoms with van der Waals surface area (Å²) in [5.41, 5.74) is 1.90. The molecule has 0 aliphatic rings. The summed E-state index contributed by atoms with van der Waals surface area (Å²) >= 11 is 0. The predicted octanol–water partition coefficient (Wildman–Crippen LogP) is 2.01. The van der Waals surface area contributed by atoms with Gasteiger partial charge in [0.2, 0.25) is 0 Å². The molecule has 0 aromatic heterocycles. The first-order chi connectivity index (χ1) is 12.5. The highest BCUT2D eigenvalue weighted by molar-refractivity contribution is 6.06. The molecule has 2 aromatic rings. The van der Waals surface area contributed by atoms with E-state index in [2.05, 4.69) is 10.6 Å². The van der Waals surface area contributed by atoms with E-state index < -0.39 is 11.9 Å². The van der Waals surface area contributed by atoms with Crippen LogP contribution in [0.4, 0.5) is 5.69 Å². The van der Waals surface area contributed by atoms with Crippen molar-refractivity contribution in [2.75, 3.05) is 5.32 Å². The molecule has 0 radical (unpaired) electrons. The number of nitrogens with zero attached hydrogens (tertiary/aromatic N) is 1. The molecular weight excluding hydrogens is 334 g/mol. The average molecular weight is 351 g/mol. The highest BCUT2D eigenvalue weighted by Gasteiger charge is 2.10. The number of nitrogens with one attached hydrogen (secondary N) is 2. The maximum absolute atomic E-state index is 12.1. The van der Waals surface area contributed by atoms with Gasteiger partial charge in [-0.05, 0) is 29.3 Å². The van der Waals surface area contributed by atoms with Crippen LogP contribution in [0.3, 0.4) is 0 Å². The number of nitriles is 1. The van der Waals surface area contributed by atoms with Crippen molar-refractivity contribution in [3.63, 3.8) is 0 Å². The molecule has 7 heteroatoms. The van der Waals surface area contributed by atoms with Gasteiger partial charge in [-0.1, -0.05) is 30.3 Å². The topological polar surface area (TPSA) is 122 Å². The number of carbonyl (C=O) groups is 2. The number of hydrogen-bond donors (Lipinski definition) is 4. The van der Waals surface area contributed by atoms with E-state index >= 15 is 0 Å². The van der Waals surface area contributed by atoms with Crippen molar-refractivity contribution in [1.29, 1.82) is 5.26 Å². The zero-order valence-electron chi connectivity index (χ0n) is 13.8. The van der Waals surface area contributed by atoms with Crippen LogP contribution in [0.5, 0.6) is 0 Å². The van der Waals surface area contributed by atoms with Gasteiger partial charge in [-0.3, -0.25) is 4.79 Å². The molecule has 0 heterocycles. The number of amides is 1. The Kier molecular flexibility index (Phi) is 6.48. The second-order valence-corrected chi connectivity index (χ2v) is 5.37. The van der Waals surface area contributed by atoms with Crippen molar-refractivity contribution in [2.45, 2.75) is 13.2 Å². The lowest BCUT2D eigenvalue weighted by molar-refractivity contribution is -0.112. The molecule has 2 rings (SSSR count). The van der Waals surface area contributed by atoms with Gasteiger partial charge in [-0.15, -0.1) is 0 Å². The number of aliphatic hydroxyl groups is 1. The Hall–Kier alpha value is -3.63. The number of carboxylic acids is 1. The second kappa shape index (κ2) is 9.01. The van der Waals surface area contributed by atoms with E-state index in [1.165, 1.54) is 30.5 Å². The lowest BCUT2D eigenvalue weighted by atomic mass is 10.1. The molecule has 0 saturated heterocycles. The molecule has 7 nitrogen and oxygen atoms in total. The SMILES string of the molecule is N#C/C(=C/NCc1ccc(CO)cc1)C(=O)Nc1cccc(C(=O)O)c1. The van der Waals surface area contributed by atoms with Crippen molar-refractivity contribution < 1.29 is 19.8 Å². The smallest absolute Gasteiger partial charge is 0.335 e. The molecule has 0 aliphatic heterocycles. The van der Waals surface area contributed by atoms with Crippen LogP contribution in [-0.2, 0) is 17.9 Å². The van der Waals surface area contributed by atoms with E-state index in [-0.39, 0.29) is 23.4 Å². The molecule has 4 N–H and O–H groups in total. The van der Waals surface area contributed by atoms with Gasteiger partial charge in [0.25, 0.3) is 5.91 Å². The summed E-state index contributed by atoms with van der Waals surface area (Å²) in [5, 5.41) is 32.5. The van der Waals surface area contributed by atoms with Gasteiger partial charge in [-0.2, -0.15) is 5.26 Å². The largest absolute Gasteiger partial charge is 0.478 e. The van der Waals surface area contributed by atoms with Crippen molar-refractivity contribution in [3.05, 3.63) is 77.0 Å². The molecule has 0 bridgehead atoms. The van der Waals surface area contributed by atoms with Gasteiger partial charge in [0.05, 0.1) is 12.2 Å².